The third-order valence-corrected chi connectivity index (χ3v) is 3.05. The van der Waals surface area contributed by atoms with Gasteiger partial charge in [0.05, 0.1) is 6.04 Å². The molecule has 2 heteroatoms. The second-order valence-corrected chi connectivity index (χ2v) is 4.73. The molecule has 1 aromatic rings. The second-order valence-electron chi connectivity index (χ2n) is 4.73. The Morgan fingerprint density at radius 3 is 2.60 bits per heavy atom. The van der Waals surface area contributed by atoms with E-state index in [1.807, 2.05) is 0 Å². The fourth-order valence-electron chi connectivity index (χ4n) is 1.98. The molecule has 0 amide bonds. The summed E-state index contributed by atoms with van der Waals surface area (Å²) < 4.78 is 0. The Morgan fingerprint density at radius 1 is 1.33 bits per heavy atom. The summed E-state index contributed by atoms with van der Waals surface area (Å²) in [5, 5.41) is 6.81. The van der Waals surface area contributed by atoms with Gasteiger partial charge in [-0.1, -0.05) is 19.9 Å². The molecule has 2 rings (SSSR count). The molecule has 0 spiro atoms. The Morgan fingerprint density at radius 2 is 2.07 bits per heavy atom. The van der Waals surface area contributed by atoms with Crippen molar-refractivity contribution in [3.05, 3.63) is 29.3 Å². The monoisotopic (exact) mass is 204 g/mol. The van der Waals surface area contributed by atoms with Crippen molar-refractivity contribution >= 4 is 5.69 Å². The maximum atomic E-state index is 3.54. The lowest BCUT2D eigenvalue weighted by atomic mass is 9.97. The fourth-order valence-corrected chi connectivity index (χ4v) is 1.98. The third kappa shape index (κ3) is 2.32. The lowest BCUT2D eigenvalue weighted by Gasteiger charge is -2.29. The molecule has 1 saturated heterocycles. The molecule has 0 unspecified atom stereocenters. The molecular weight excluding hydrogens is 184 g/mol. The van der Waals surface area contributed by atoms with Gasteiger partial charge < -0.3 is 10.6 Å². The summed E-state index contributed by atoms with van der Waals surface area (Å²) in [5.41, 5.74) is 4.10. The van der Waals surface area contributed by atoms with Gasteiger partial charge in [-0.2, -0.15) is 0 Å². The third-order valence-electron chi connectivity index (χ3n) is 3.05. The molecule has 15 heavy (non-hydrogen) atoms. The second kappa shape index (κ2) is 4.23. The van der Waals surface area contributed by atoms with Crippen LogP contribution in [0.3, 0.4) is 0 Å². The number of nitrogens with one attached hydrogen (secondary N) is 2. The molecular formula is C13H20N2. The number of rotatable bonds is 3. The van der Waals surface area contributed by atoms with Crippen LogP contribution in [0, 0.1) is 6.92 Å². The predicted octanol–water partition coefficient (Wildman–Crippen LogP) is 2.50. The predicted molar refractivity (Wildman–Crippen MR) is 65.5 cm³/mol. The van der Waals surface area contributed by atoms with Gasteiger partial charge in [0, 0.05) is 18.8 Å². The molecule has 2 nitrogen and oxygen atoms in total. The molecule has 1 aliphatic heterocycles. The van der Waals surface area contributed by atoms with Crippen LogP contribution in [0.1, 0.15) is 30.9 Å². The summed E-state index contributed by atoms with van der Waals surface area (Å²) in [6.45, 7) is 8.85. The van der Waals surface area contributed by atoms with E-state index < -0.39 is 0 Å². The van der Waals surface area contributed by atoms with E-state index in [0.29, 0.717) is 12.0 Å². The zero-order chi connectivity index (χ0) is 10.8. The first-order valence-corrected chi connectivity index (χ1v) is 5.74. The van der Waals surface area contributed by atoms with Gasteiger partial charge in [0.1, 0.15) is 0 Å². The molecule has 0 radical (unpaired) electrons. The zero-order valence-electron chi connectivity index (χ0n) is 9.80. The van der Waals surface area contributed by atoms with Gasteiger partial charge in [-0.25, -0.2) is 0 Å². The van der Waals surface area contributed by atoms with Crippen molar-refractivity contribution in [1.29, 1.82) is 0 Å². The van der Waals surface area contributed by atoms with Crippen molar-refractivity contribution in [2.24, 2.45) is 0 Å². The summed E-state index contributed by atoms with van der Waals surface area (Å²) >= 11 is 0. The maximum Gasteiger partial charge on any atom is 0.0510 e. The van der Waals surface area contributed by atoms with Crippen LogP contribution in [0.15, 0.2) is 18.2 Å². The first kappa shape index (κ1) is 10.5. The van der Waals surface area contributed by atoms with E-state index in [1.54, 1.807) is 0 Å². The molecule has 0 bridgehead atoms. The summed E-state index contributed by atoms with van der Waals surface area (Å²) in [6, 6.07) is 7.30. The normalized spacial score (nSPS) is 16.5. The van der Waals surface area contributed by atoms with Crippen LogP contribution < -0.4 is 10.6 Å². The molecule has 1 aromatic carbocycles. The fraction of sp³-hybridized carbons (Fsp3) is 0.538. The van der Waals surface area contributed by atoms with Gasteiger partial charge in [0.2, 0.25) is 0 Å². The van der Waals surface area contributed by atoms with Crippen molar-refractivity contribution in [2.75, 3.05) is 18.4 Å². The Hall–Kier alpha value is -1.02. The summed E-state index contributed by atoms with van der Waals surface area (Å²) in [5.74, 6) is 0.603. The average Bonchev–Trinajstić information content (AvgIpc) is 2.13. The van der Waals surface area contributed by atoms with E-state index in [2.05, 4.69) is 49.6 Å². The van der Waals surface area contributed by atoms with Crippen LogP contribution in [-0.4, -0.2) is 19.1 Å². The molecule has 82 valence electrons. The van der Waals surface area contributed by atoms with Crippen LogP contribution in [-0.2, 0) is 0 Å². The minimum Gasteiger partial charge on any atom is -0.380 e. The largest absolute Gasteiger partial charge is 0.380 e. The van der Waals surface area contributed by atoms with Crippen molar-refractivity contribution in [3.63, 3.8) is 0 Å². The molecule has 0 aliphatic carbocycles. The topological polar surface area (TPSA) is 24.1 Å². The number of benzene rings is 1. The molecule has 2 N–H and O–H groups in total. The quantitative estimate of drug-likeness (QED) is 0.790. The highest BCUT2D eigenvalue weighted by molar-refractivity contribution is 5.50. The van der Waals surface area contributed by atoms with Crippen LogP contribution in [0.5, 0.6) is 0 Å². The van der Waals surface area contributed by atoms with Gasteiger partial charge in [-0.3, -0.25) is 0 Å². The number of hydrogen-bond donors (Lipinski definition) is 2. The SMILES string of the molecule is Cc1ccc(NC2CNC2)cc1C(C)C. The number of hydrogen-bond acceptors (Lipinski definition) is 2. The Labute approximate surface area is 92.1 Å². The van der Waals surface area contributed by atoms with Crippen LogP contribution in [0.25, 0.3) is 0 Å². The lowest BCUT2D eigenvalue weighted by Crippen LogP contribution is -2.51. The van der Waals surface area contributed by atoms with Crippen LogP contribution >= 0.6 is 0 Å². The summed E-state index contributed by atoms with van der Waals surface area (Å²) in [4.78, 5) is 0. The van der Waals surface area contributed by atoms with Crippen LogP contribution in [0.2, 0.25) is 0 Å². The molecule has 1 heterocycles. The van der Waals surface area contributed by atoms with Crippen LogP contribution in [0.4, 0.5) is 5.69 Å². The highest BCUT2D eigenvalue weighted by atomic mass is 15.1. The van der Waals surface area contributed by atoms with E-state index in [4.69, 9.17) is 0 Å². The van der Waals surface area contributed by atoms with Gasteiger partial charge in [0.25, 0.3) is 0 Å². The standard InChI is InChI=1S/C13H20N2/c1-9(2)13-6-11(5-4-10(13)3)15-12-7-14-8-12/h4-6,9,12,14-15H,7-8H2,1-3H3. The Kier molecular flexibility index (Phi) is 2.96. The van der Waals surface area contributed by atoms with E-state index >= 15 is 0 Å². The van der Waals surface area contributed by atoms with Gasteiger partial charge >= 0.3 is 0 Å². The van der Waals surface area contributed by atoms with Crippen molar-refractivity contribution in [1.82, 2.24) is 5.32 Å². The lowest BCUT2D eigenvalue weighted by molar-refractivity contribution is 0.472. The van der Waals surface area contributed by atoms with E-state index in [0.717, 1.165) is 13.1 Å². The van der Waals surface area contributed by atoms with Crippen molar-refractivity contribution < 1.29 is 0 Å². The minimum atomic E-state index is 0.603. The number of anilines is 1. The first-order valence-electron chi connectivity index (χ1n) is 5.74. The van der Waals surface area contributed by atoms with Crippen molar-refractivity contribution in [3.8, 4) is 0 Å². The van der Waals surface area contributed by atoms with Gasteiger partial charge in [-0.15, -0.1) is 0 Å². The highest BCUT2D eigenvalue weighted by Gasteiger charge is 2.16. The number of aryl methyl sites for hydroxylation is 1. The highest BCUT2D eigenvalue weighted by Crippen LogP contribution is 2.23. The Bertz CT molecular complexity index is 340. The molecule has 1 aliphatic rings. The summed E-state index contributed by atoms with van der Waals surface area (Å²) in [7, 11) is 0. The average molecular weight is 204 g/mol. The minimum absolute atomic E-state index is 0.603. The first-order chi connectivity index (χ1) is 7.16. The van der Waals surface area contributed by atoms with Gasteiger partial charge in [-0.05, 0) is 36.1 Å². The molecule has 0 aromatic heterocycles. The summed E-state index contributed by atoms with van der Waals surface area (Å²) in [6.07, 6.45) is 0. The van der Waals surface area contributed by atoms with E-state index in [1.165, 1.54) is 16.8 Å². The van der Waals surface area contributed by atoms with Crippen molar-refractivity contribution in [2.45, 2.75) is 32.7 Å². The zero-order valence-corrected chi connectivity index (χ0v) is 9.80. The van der Waals surface area contributed by atoms with Gasteiger partial charge in [0.15, 0.2) is 0 Å². The molecule has 1 fully saturated rings. The van der Waals surface area contributed by atoms with E-state index in [-0.39, 0.29) is 0 Å². The van der Waals surface area contributed by atoms with E-state index in [9.17, 15) is 0 Å². The molecule has 0 saturated carbocycles. The smallest absolute Gasteiger partial charge is 0.0510 e. The maximum absolute atomic E-state index is 3.54. The Balaban J connectivity index is 2.14. The molecule has 0 atom stereocenters.